The van der Waals surface area contributed by atoms with E-state index in [-0.39, 0.29) is 0 Å². The number of piperazine rings is 1. The van der Waals surface area contributed by atoms with Crippen molar-refractivity contribution < 1.29 is 0 Å². The molecule has 0 bridgehead atoms. The fraction of sp³-hybridized carbons (Fsp3) is 0.600. The van der Waals surface area contributed by atoms with Gasteiger partial charge in [0.2, 0.25) is 0 Å². The number of benzene rings is 1. The van der Waals surface area contributed by atoms with Gasteiger partial charge in [0.1, 0.15) is 0 Å². The van der Waals surface area contributed by atoms with E-state index in [4.69, 9.17) is 11.6 Å². The number of hydrogen-bond donors (Lipinski definition) is 1. The minimum atomic E-state index is 0.334. The van der Waals surface area contributed by atoms with Crippen LogP contribution in [0.15, 0.2) is 24.3 Å². The molecule has 0 aromatic heterocycles. The number of rotatable bonds is 3. The van der Waals surface area contributed by atoms with E-state index in [1.165, 1.54) is 18.4 Å². The molecular formula is C15H21ClN2. The van der Waals surface area contributed by atoms with Crippen molar-refractivity contribution in [3.63, 3.8) is 0 Å². The van der Waals surface area contributed by atoms with Crippen LogP contribution < -0.4 is 5.32 Å². The van der Waals surface area contributed by atoms with Gasteiger partial charge in [-0.25, -0.2) is 0 Å². The maximum Gasteiger partial charge on any atom is 0.0409 e. The van der Waals surface area contributed by atoms with Crippen LogP contribution in [0, 0.1) is 5.92 Å². The lowest BCUT2D eigenvalue weighted by Gasteiger charge is -2.46. The third-order valence-corrected chi connectivity index (χ3v) is 4.72. The van der Waals surface area contributed by atoms with Crippen LogP contribution in [0.5, 0.6) is 0 Å². The molecule has 2 fully saturated rings. The van der Waals surface area contributed by atoms with E-state index in [0.717, 1.165) is 37.1 Å². The molecule has 1 aliphatic carbocycles. The Morgan fingerprint density at radius 1 is 1.44 bits per heavy atom. The van der Waals surface area contributed by atoms with Crippen LogP contribution in [0.25, 0.3) is 0 Å². The van der Waals surface area contributed by atoms with Crippen molar-refractivity contribution in [2.75, 3.05) is 19.6 Å². The molecule has 2 nitrogen and oxygen atoms in total. The van der Waals surface area contributed by atoms with Crippen molar-refractivity contribution in [3.05, 3.63) is 34.9 Å². The highest BCUT2D eigenvalue weighted by Gasteiger charge is 2.46. The second-order valence-corrected chi connectivity index (χ2v) is 6.30. The van der Waals surface area contributed by atoms with Gasteiger partial charge in [-0.05, 0) is 43.4 Å². The summed E-state index contributed by atoms with van der Waals surface area (Å²) in [6, 6.07) is 8.27. The van der Waals surface area contributed by atoms with Crippen LogP contribution in [0.1, 0.15) is 25.3 Å². The molecule has 0 spiro atoms. The molecule has 1 atom stereocenters. The highest BCUT2D eigenvalue weighted by Crippen LogP contribution is 2.44. The molecule has 1 N–H and O–H groups in total. The van der Waals surface area contributed by atoms with E-state index < -0.39 is 0 Å². The van der Waals surface area contributed by atoms with Crippen LogP contribution in [0.4, 0.5) is 0 Å². The van der Waals surface area contributed by atoms with Crippen molar-refractivity contribution in [1.29, 1.82) is 0 Å². The van der Waals surface area contributed by atoms with Gasteiger partial charge in [-0.2, -0.15) is 0 Å². The van der Waals surface area contributed by atoms with Gasteiger partial charge < -0.3 is 5.32 Å². The SMILES string of the molecule is CC1(C2CC2)CNCCN1Cc1cccc(Cl)c1. The van der Waals surface area contributed by atoms with Crippen molar-refractivity contribution in [1.82, 2.24) is 10.2 Å². The second kappa shape index (κ2) is 4.84. The first kappa shape index (κ1) is 12.5. The van der Waals surface area contributed by atoms with Crippen molar-refractivity contribution in [2.24, 2.45) is 5.92 Å². The van der Waals surface area contributed by atoms with Crippen LogP contribution in [-0.2, 0) is 6.54 Å². The van der Waals surface area contributed by atoms with Crippen LogP contribution in [-0.4, -0.2) is 30.1 Å². The topological polar surface area (TPSA) is 15.3 Å². The monoisotopic (exact) mass is 264 g/mol. The average Bonchev–Trinajstić information content (AvgIpc) is 3.17. The molecule has 2 aliphatic rings. The molecule has 1 heterocycles. The molecule has 3 rings (SSSR count). The van der Waals surface area contributed by atoms with Gasteiger partial charge >= 0.3 is 0 Å². The minimum absolute atomic E-state index is 0.334. The van der Waals surface area contributed by atoms with E-state index >= 15 is 0 Å². The quantitative estimate of drug-likeness (QED) is 0.903. The maximum atomic E-state index is 6.08. The summed E-state index contributed by atoms with van der Waals surface area (Å²) in [6.07, 6.45) is 2.79. The zero-order valence-electron chi connectivity index (χ0n) is 11.0. The fourth-order valence-corrected chi connectivity index (χ4v) is 3.36. The summed E-state index contributed by atoms with van der Waals surface area (Å²) in [5.74, 6) is 0.879. The molecule has 1 aromatic carbocycles. The van der Waals surface area contributed by atoms with Crippen LogP contribution in [0.3, 0.4) is 0 Å². The summed E-state index contributed by atoms with van der Waals surface area (Å²) in [6.45, 7) is 6.80. The lowest BCUT2D eigenvalue weighted by Crippen LogP contribution is -2.60. The lowest BCUT2D eigenvalue weighted by atomic mass is 9.90. The van der Waals surface area contributed by atoms with E-state index in [2.05, 4.69) is 29.3 Å². The summed E-state index contributed by atoms with van der Waals surface area (Å²) in [7, 11) is 0. The van der Waals surface area contributed by atoms with Gasteiger partial charge in [0, 0.05) is 36.7 Å². The Labute approximate surface area is 114 Å². The van der Waals surface area contributed by atoms with Gasteiger partial charge in [0.25, 0.3) is 0 Å². The van der Waals surface area contributed by atoms with Crippen molar-refractivity contribution in [3.8, 4) is 0 Å². The van der Waals surface area contributed by atoms with Crippen LogP contribution >= 0.6 is 11.6 Å². The Morgan fingerprint density at radius 2 is 2.28 bits per heavy atom. The Morgan fingerprint density at radius 3 is 3.00 bits per heavy atom. The number of nitrogens with zero attached hydrogens (tertiary/aromatic N) is 1. The standard InChI is InChI=1S/C15H21ClN2/c1-15(13-5-6-13)11-17-7-8-18(15)10-12-3-2-4-14(16)9-12/h2-4,9,13,17H,5-8,10-11H2,1H3. The maximum absolute atomic E-state index is 6.08. The van der Waals surface area contributed by atoms with Crippen molar-refractivity contribution >= 4 is 11.6 Å². The minimum Gasteiger partial charge on any atom is -0.314 e. The molecule has 3 heteroatoms. The Bertz CT molecular complexity index is 430. The third kappa shape index (κ3) is 2.42. The van der Waals surface area contributed by atoms with Gasteiger partial charge in [-0.15, -0.1) is 0 Å². The summed E-state index contributed by atoms with van der Waals surface area (Å²) in [4.78, 5) is 2.65. The highest BCUT2D eigenvalue weighted by molar-refractivity contribution is 6.30. The first-order valence-electron chi connectivity index (χ1n) is 6.89. The molecule has 1 aromatic rings. The Kier molecular flexibility index (Phi) is 3.35. The molecule has 1 aliphatic heterocycles. The number of halogens is 1. The molecule has 0 amide bonds. The summed E-state index contributed by atoms with van der Waals surface area (Å²) >= 11 is 6.08. The summed E-state index contributed by atoms with van der Waals surface area (Å²) in [5, 5.41) is 4.40. The molecule has 98 valence electrons. The van der Waals surface area contributed by atoms with Gasteiger partial charge in [-0.1, -0.05) is 23.7 Å². The Hall–Kier alpha value is -0.570. The highest BCUT2D eigenvalue weighted by atomic mass is 35.5. The fourth-order valence-electron chi connectivity index (χ4n) is 3.15. The largest absolute Gasteiger partial charge is 0.314 e. The zero-order valence-corrected chi connectivity index (χ0v) is 11.7. The summed E-state index contributed by atoms with van der Waals surface area (Å²) < 4.78 is 0. The predicted octanol–water partition coefficient (Wildman–Crippen LogP) is 2.91. The normalized spacial score (nSPS) is 29.4. The van der Waals surface area contributed by atoms with Crippen molar-refractivity contribution in [2.45, 2.75) is 31.8 Å². The Balaban J connectivity index is 1.77. The smallest absolute Gasteiger partial charge is 0.0409 e. The van der Waals surface area contributed by atoms with E-state index in [9.17, 15) is 0 Å². The van der Waals surface area contributed by atoms with E-state index in [0.29, 0.717) is 5.54 Å². The molecule has 0 radical (unpaired) electrons. The van der Waals surface area contributed by atoms with Gasteiger partial charge in [0.15, 0.2) is 0 Å². The molecule has 1 saturated heterocycles. The molecule has 1 unspecified atom stereocenters. The third-order valence-electron chi connectivity index (χ3n) is 4.48. The molecular weight excluding hydrogens is 244 g/mol. The number of nitrogens with one attached hydrogen (secondary N) is 1. The number of hydrogen-bond acceptors (Lipinski definition) is 2. The van der Waals surface area contributed by atoms with Gasteiger partial charge in [-0.3, -0.25) is 4.90 Å². The van der Waals surface area contributed by atoms with E-state index in [1.54, 1.807) is 0 Å². The first-order chi connectivity index (χ1) is 8.68. The molecule has 18 heavy (non-hydrogen) atoms. The average molecular weight is 265 g/mol. The first-order valence-corrected chi connectivity index (χ1v) is 7.26. The molecule has 1 saturated carbocycles. The van der Waals surface area contributed by atoms with E-state index in [1.807, 2.05) is 12.1 Å². The predicted molar refractivity (Wildman–Crippen MR) is 75.9 cm³/mol. The lowest BCUT2D eigenvalue weighted by molar-refractivity contribution is 0.0484. The zero-order chi connectivity index (χ0) is 12.6. The van der Waals surface area contributed by atoms with Gasteiger partial charge in [0.05, 0.1) is 0 Å². The summed E-state index contributed by atoms with van der Waals surface area (Å²) in [5.41, 5.74) is 1.66. The second-order valence-electron chi connectivity index (χ2n) is 5.86. The van der Waals surface area contributed by atoms with Crippen LogP contribution in [0.2, 0.25) is 5.02 Å².